The van der Waals surface area contributed by atoms with E-state index in [9.17, 15) is 0 Å². The van der Waals surface area contributed by atoms with Crippen molar-refractivity contribution in [1.29, 1.82) is 0 Å². The number of para-hydroxylation sites is 1. The Labute approximate surface area is 83.8 Å². The van der Waals surface area contributed by atoms with Gasteiger partial charge in [-0.2, -0.15) is 12.6 Å². The van der Waals surface area contributed by atoms with Crippen LogP contribution >= 0.6 is 12.6 Å². The molecule has 0 aliphatic heterocycles. The minimum atomic E-state index is 0.907. The minimum Gasteiger partial charge on any atom is -0.348 e. The molecule has 0 saturated carbocycles. The molecule has 1 heterocycles. The molecule has 68 valence electrons. The largest absolute Gasteiger partial charge is 0.348 e. The van der Waals surface area contributed by atoms with Crippen molar-refractivity contribution in [3.63, 3.8) is 0 Å². The molecule has 0 fully saturated rings. The lowest BCUT2D eigenvalue weighted by Crippen LogP contribution is -1.96. The molecule has 0 aliphatic rings. The number of hydrogen-bond acceptors (Lipinski definition) is 1. The number of hydrogen-bond donors (Lipinski definition) is 1. The second kappa shape index (κ2) is 3.46. The molecule has 1 aromatic heterocycles. The quantitative estimate of drug-likeness (QED) is 0.696. The van der Waals surface area contributed by atoms with E-state index in [4.69, 9.17) is 0 Å². The number of benzene rings is 1. The molecule has 1 aromatic carbocycles. The van der Waals surface area contributed by atoms with Crippen LogP contribution in [0.15, 0.2) is 30.3 Å². The average molecular weight is 191 g/mol. The highest BCUT2D eigenvalue weighted by Gasteiger charge is 2.02. The summed E-state index contributed by atoms with van der Waals surface area (Å²) in [4.78, 5) is 0. The van der Waals surface area contributed by atoms with Crippen molar-refractivity contribution >= 4 is 23.5 Å². The predicted molar refractivity (Wildman–Crippen MR) is 60.5 cm³/mol. The zero-order valence-electron chi connectivity index (χ0n) is 7.70. The summed E-state index contributed by atoms with van der Waals surface area (Å²) in [5.41, 5.74) is 2.66. The van der Waals surface area contributed by atoms with Crippen molar-refractivity contribution < 1.29 is 0 Å². The topological polar surface area (TPSA) is 4.93 Å². The van der Waals surface area contributed by atoms with Crippen LogP contribution in [0.25, 0.3) is 10.9 Å². The molecule has 2 heteroatoms. The van der Waals surface area contributed by atoms with Gasteiger partial charge in [0.1, 0.15) is 0 Å². The summed E-state index contributed by atoms with van der Waals surface area (Å²) < 4.78 is 2.24. The van der Waals surface area contributed by atoms with Gasteiger partial charge in [-0.1, -0.05) is 18.2 Å². The minimum absolute atomic E-state index is 0.907. The van der Waals surface area contributed by atoms with Gasteiger partial charge in [-0.3, -0.25) is 0 Å². The lowest BCUT2D eigenvalue weighted by atomic mass is 10.2. The van der Waals surface area contributed by atoms with Gasteiger partial charge in [0.2, 0.25) is 0 Å². The highest BCUT2D eigenvalue weighted by Crippen LogP contribution is 2.18. The number of aryl methyl sites for hydroxylation is 2. The van der Waals surface area contributed by atoms with E-state index < -0.39 is 0 Å². The molecule has 0 saturated heterocycles. The second-order valence-electron chi connectivity index (χ2n) is 3.23. The summed E-state index contributed by atoms with van der Waals surface area (Å²) in [6.45, 7) is 0. The van der Waals surface area contributed by atoms with Gasteiger partial charge in [0.05, 0.1) is 0 Å². The SMILES string of the molecule is Cn1c(CCS)cc2ccccc21. The highest BCUT2D eigenvalue weighted by atomic mass is 32.1. The van der Waals surface area contributed by atoms with Gasteiger partial charge in [-0.05, 0) is 29.7 Å². The summed E-state index contributed by atoms with van der Waals surface area (Å²) in [5.74, 6) is 0.907. The summed E-state index contributed by atoms with van der Waals surface area (Å²) >= 11 is 4.25. The molecular weight excluding hydrogens is 178 g/mol. The van der Waals surface area contributed by atoms with Crippen molar-refractivity contribution in [2.45, 2.75) is 6.42 Å². The number of aromatic nitrogens is 1. The molecule has 0 N–H and O–H groups in total. The normalized spacial score (nSPS) is 10.9. The maximum Gasteiger partial charge on any atom is 0.0479 e. The number of thiol groups is 1. The summed E-state index contributed by atoms with van der Waals surface area (Å²) in [7, 11) is 2.11. The molecule has 0 unspecified atom stereocenters. The van der Waals surface area contributed by atoms with E-state index in [1.54, 1.807) is 0 Å². The first-order valence-electron chi connectivity index (χ1n) is 4.47. The maximum atomic E-state index is 4.25. The van der Waals surface area contributed by atoms with Gasteiger partial charge < -0.3 is 4.57 Å². The van der Waals surface area contributed by atoms with Crippen molar-refractivity contribution in [3.05, 3.63) is 36.0 Å². The highest BCUT2D eigenvalue weighted by molar-refractivity contribution is 7.80. The Balaban J connectivity index is 2.60. The first kappa shape index (κ1) is 8.70. The van der Waals surface area contributed by atoms with Gasteiger partial charge in [0, 0.05) is 18.3 Å². The summed E-state index contributed by atoms with van der Waals surface area (Å²) in [5, 5.41) is 1.32. The van der Waals surface area contributed by atoms with Crippen LogP contribution in [0, 0.1) is 0 Å². The molecule has 2 aromatic rings. The van der Waals surface area contributed by atoms with E-state index in [0.717, 1.165) is 12.2 Å². The third-order valence-electron chi connectivity index (χ3n) is 2.42. The van der Waals surface area contributed by atoms with Crippen molar-refractivity contribution in [3.8, 4) is 0 Å². The maximum absolute atomic E-state index is 4.25. The smallest absolute Gasteiger partial charge is 0.0479 e. The fourth-order valence-electron chi connectivity index (χ4n) is 1.70. The van der Waals surface area contributed by atoms with Crippen LogP contribution in [0.2, 0.25) is 0 Å². The number of fused-ring (bicyclic) bond motifs is 1. The zero-order chi connectivity index (χ0) is 9.26. The van der Waals surface area contributed by atoms with E-state index in [1.807, 2.05) is 0 Å². The molecule has 0 spiro atoms. The van der Waals surface area contributed by atoms with Crippen molar-refractivity contribution in [1.82, 2.24) is 4.57 Å². The average Bonchev–Trinajstić information content (AvgIpc) is 2.46. The van der Waals surface area contributed by atoms with Crippen LogP contribution < -0.4 is 0 Å². The van der Waals surface area contributed by atoms with Gasteiger partial charge >= 0.3 is 0 Å². The molecule has 0 aliphatic carbocycles. The molecule has 2 rings (SSSR count). The van der Waals surface area contributed by atoms with Crippen molar-refractivity contribution in [2.24, 2.45) is 7.05 Å². The van der Waals surface area contributed by atoms with Crippen molar-refractivity contribution in [2.75, 3.05) is 5.75 Å². The van der Waals surface area contributed by atoms with E-state index in [-0.39, 0.29) is 0 Å². The Hall–Kier alpha value is -0.890. The van der Waals surface area contributed by atoms with Gasteiger partial charge in [-0.15, -0.1) is 0 Å². The third-order valence-corrected chi connectivity index (χ3v) is 2.64. The second-order valence-corrected chi connectivity index (χ2v) is 3.67. The van der Waals surface area contributed by atoms with Crippen LogP contribution in [0.1, 0.15) is 5.69 Å². The predicted octanol–water partition coefficient (Wildman–Crippen LogP) is 2.65. The Morgan fingerprint density at radius 1 is 1.31 bits per heavy atom. The first-order valence-corrected chi connectivity index (χ1v) is 5.10. The van der Waals surface area contributed by atoms with Gasteiger partial charge in [0.25, 0.3) is 0 Å². The monoisotopic (exact) mass is 191 g/mol. The fourth-order valence-corrected chi connectivity index (χ4v) is 1.93. The number of nitrogens with zero attached hydrogens (tertiary/aromatic N) is 1. The molecule has 0 amide bonds. The van der Waals surface area contributed by atoms with Gasteiger partial charge in [-0.25, -0.2) is 0 Å². The van der Waals surface area contributed by atoms with E-state index >= 15 is 0 Å². The molecule has 0 atom stereocenters. The Bertz CT molecular complexity index is 417. The van der Waals surface area contributed by atoms with Crippen LogP contribution in [-0.4, -0.2) is 10.3 Å². The molecule has 1 nitrogen and oxygen atoms in total. The first-order chi connectivity index (χ1) is 6.33. The van der Waals surface area contributed by atoms with Crippen LogP contribution in [-0.2, 0) is 13.5 Å². The lowest BCUT2D eigenvalue weighted by molar-refractivity contribution is 0.870. The standard InChI is InChI=1S/C11H13NS/c1-12-10(6-7-13)8-9-4-2-3-5-11(9)12/h2-5,8,13H,6-7H2,1H3. The Morgan fingerprint density at radius 2 is 2.08 bits per heavy atom. The molecule has 0 bridgehead atoms. The van der Waals surface area contributed by atoms with E-state index in [1.165, 1.54) is 16.6 Å². The van der Waals surface area contributed by atoms with E-state index in [2.05, 4.69) is 54.6 Å². The molecule has 13 heavy (non-hydrogen) atoms. The number of rotatable bonds is 2. The van der Waals surface area contributed by atoms with Crippen LogP contribution in [0.3, 0.4) is 0 Å². The Kier molecular flexibility index (Phi) is 2.32. The van der Waals surface area contributed by atoms with Crippen LogP contribution in [0.4, 0.5) is 0 Å². The summed E-state index contributed by atoms with van der Waals surface area (Å²) in [6.07, 6.45) is 1.04. The zero-order valence-corrected chi connectivity index (χ0v) is 8.59. The third kappa shape index (κ3) is 1.46. The fraction of sp³-hybridized carbons (Fsp3) is 0.273. The molecule has 0 radical (unpaired) electrons. The summed E-state index contributed by atoms with van der Waals surface area (Å²) in [6, 6.07) is 10.7. The van der Waals surface area contributed by atoms with Crippen LogP contribution in [0.5, 0.6) is 0 Å². The Morgan fingerprint density at radius 3 is 2.77 bits per heavy atom. The lowest BCUT2D eigenvalue weighted by Gasteiger charge is -2.00. The molecular formula is C11H13NS. The van der Waals surface area contributed by atoms with Gasteiger partial charge in [0.15, 0.2) is 0 Å². The van der Waals surface area contributed by atoms with E-state index in [0.29, 0.717) is 0 Å².